The number of ether oxygens (including phenoxy) is 2. The molecule has 0 aliphatic heterocycles. The molecule has 0 heterocycles. The predicted molar refractivity (Wildman–Crippen MR) is 239 cm³/mol. The van der Waals surface area contributed by atoms with Crippen molar-refractivity contribution in [2.75, 3.05) is 26.4 Å². The molecule has 0 saturated heterocycles. The Bertz CT molecular complexity index is 1420. The summed E-state index contributed by atoms with van der Waals surface area (Å²) in [6, 6.07) is 0. The van der Waals surface area contributed by atoms with Crippen molar-refractivity contribution < 1.29 is 52.6 Å². The van der Waals surface area contributed by atoms with Crippen LogP contribution in [0.2, 0.25) is 0 Å². The summed E-state index contributed by atoms with van der Waals surface area (Å²) in [4.78, 5) is 47.5. The molecule has 60 heavy (non-hydrogen) atoms. The lowest BCUT2D eigenvalue weighted by molar-refractivity contribution is -0.161. The van der Waals surface area contributed by atoms with Gasteiger partial charge in [-0.3, -0.25) is 23.4 Å². The summed E-state index contributed by atoms with van der Waals surface area (Å²) in [5.74, 6) is -1.89. The van der Waals surface area contributed by atoms with E-state index in [0.717, 1.165) is 51.4 Å². The molecular weight excluding hydrogens is 785 g/mol. The third-order valence-corrected chi connectivity index (χ3v) is 10.6. The quantitative estimate of drug-likeness (QED) is 0.0202. The van der Waals surface area contributed by atoms with Gasteiger partial charge in [0, 0.05) is 37.6 Å². The summed E-state index contributed by atoms with van der Waals surface area (Å²) in [5.41, 5.74) is 5.34. The lowest BCUT2D eigenvalue weighted by atomic mass is 9.90. The molecule has 12 nitrogen and oxygen atoms in total. The lowest BCUT2D eigenvalue weighted by Crippen LogP contribution is -2.29. The van der Waals surface area contributed by atoms with Gasteiger partial charge in [-0.2, -0.15) is 0 Å². The second kappa shape index (κ2) is 36.4. The van der Waals surface area contributed by atoms with Crippen LogP contribution in [0.25, 0.3) is 0 Å². The zero-order valence-electron chi connectivity index (χ0n) is 36.4. The number of phosphoric acid groups is 1. The Morgan fingerprint density at radius 2 is 1.35 bits per heavy atom. The van der Waals surface area contributed by atoms with Crippen molar-refractivity contribution in [3.8, 4) is 0 Å². The summed E-state index contributed by atoms with van der Waals surface area (Å²) < 4.78 is 32.6. The highest BCUT2D eigenvalue weighted by atomic mass is 31.2. The fourth-order valence-corrected chi connectivity index (χ4v) is 7.01. The normalized spacial score (nSPS) is 19.6. The number of hydrogen-bond donors (Lipinski definition) is 4. The van der Waals surface area contributed by atoms with Gasteiger partial charge in [0.05, 0.1) is 25.4 Å². The molecule has 1 rings (SSSR count). The van der Waals surface area contributed by atoms with Gasteiger partial charge in [0.2, 0.25) is 0 Å². The highest BCUT2D eigenvalue weighted by Crippen LogP contribution is 2.43. The highest BCUT2D eigenvalue weighted by molar-refractivity contribution is 7.47. The van der Waals surface area contributed by atoms with Crippen LogP contribution in [0.1, 0.15) is 136 Å². The summed E-state index contributed by atoms with van der Waals surface area (Å²) in [6.07, 6.45) is 40.0. The minimum absolute atomic E-state index is 0.000602. The third kappa shape index (κ3) is 29.9. The van der Waals surface area contributed by atoms with Crippen LogP contribution in [0.15, 0.2) is 85.1 Å². The first-order valence-electron chi connectivity index (χ1n) is 22.2. The molecule has 1 unspecified atom stereocenters. The molecular formula is C47H76NO11P. The van der Waals surface area contributed by atoms with Crippen molar-refractivity contribution in [2.45, 2.75) is 154 Å². The summed E-state index contributed by atoms with van der Waals surface area (Å²) in [5, 5.41) is 20.7. The van der Waals surface area contributed by atoms with Crippen LogP contribution < -0.4 is 5.73 Å². The molecule has 0 aromatic heterocycles. The van der Waals surface area contributed by atoms with E-state index in [1.165, 1.54) is 19.3 Å². The van der Waals surface area contributed by atoms with Gasteiger partial charge in [-0.15, -0.1) is 0 Å². The summed E-state index contributed by atoms with van der Waals surface area (Å²) in [7, 11) is -4.47. The standard InChI is InChI=1S/C47H76NO11P/c1-3-5-7-8-9-10-11-12-13-14-15-16-17-18-19-20-21-22-28-32-47(53)59-41(39-58-60(54,55)57-36-35-48)38-56-46(52)31-27-24-23-26-30-42-43(45(51)37-44(42)50)34-33-40(49)29-25-6-4-2/h9-10,12-13,15-16,18-19,21-23,26,33-34,40-44,49-50H,3-8,11,14,17,20,24-25,27-32,35-39,48H2,1-2H3,(H,54,55)/b10-9-,13-12-,16-15-,19-18-,22-21-,26-23-,34-33+/t40-,41+,42+,43+,44-/m0/s1. The number of carbonyl (C=O) groups is 3. The molecule has 0 spiro atoms. The van der Waals surface area contributed by atoms with Crippen LogP contribution in [-0.2, 0) is 37.5 Å². The van der Waals surface area contributed by atoms with Crippen LogP contribution in [0.4, 0.5) is 0 Å². The number of Topliss-reactive ketones (excluding diaryl/α,β-unsaturated/α-hetero) is 1. The van der Waals surface area contributed by atoms with Gasteiger partial charge in [0.15, 0.2) is 6.10 Å². The van der Waals surface area contributed by atoms with E-state index >= 15 is 0 Å². The van der Waals surface area contributed by atoms with Crippen LogP contribution in [0.5, 0.6) is 0 Å². The smallest absolute Gasteiger partial charge is 0.462 e. The monoisotopic (exact) mass is 862 g/mol. The van der Waals surface area contributed by atoms with Gasteiger partial charge in [-0.05, 0) is 70.6 Å². The molecule has 5 N–H and O–H groups in total. The van der Waals surface area contributed by atoms with Crippen molar-refractivity contribution in [2.24, 2.45) is 17.6 Å². The number of phosphoric ester groups is 1. The fourth-order valence-electron chi connectivity index (χ4n) is 6.24. The predicted octanol–water partition coefficient (Wildman–Crippen LogP) is 9.42. The summed E-state index contributed by atoms with van der Waals surface area (Å²) in [6.45, 7) is 3.18. The highest BCUT2D eigenvalue weighted by Gasteiger charge is 2.39. The molecule has 1 saturated carbocycles. The maximum atomic E-state index is 12.6. The Morgan fingerprint density at radius 3 is 1.98 bits per heavy atom. The van der Waals surface area contributed by atoms with Crippen molar-refractivity contribution in [3.05, 3.63) is 85.1 Å². The molecule has 0 aromatic rings. The Hall–Kier alpha value is -3.22. The molecule has 0 amide bonds. The van der Waals surface area contributed by atoms with E-state index in [9.17, 15) is 34.1 Å². The molecule has 0 bridgehead atoms. The largest absolute Gasteiger partial charge is 0.472 e. The minimum Gasteiger partial charge on any atom is -0.462 e. The van der Waals surface area contributed by atoms with E-state index in [1.54, 1.807) is 12.2 Å². The SMILES string of the molecule is CCCCC/C=C\C/C=C\C/C=C\C/C=C\C/C=C\CCC(=O)O[C@H](COC(=O)CCC/C=C\C[C@H]1[C@@H](O)CC(=O)[C@@H]1/C=C/[C@@H](O)CCCCC)COP(=O)(O)OCCN. The number of aliphatic hydroxyl groups is 2. The van der Waals surface area contributed by atoms with Gasteiger partial charge < -0.3 is 30.3 Å². The summed E-state index contributed by atoms with van der Waals surface area (Å²) >= 11 is 0. The molecule has 0 aromatic carbocycles. The maximum Gasteiger partial charge on any atom is 0.472 e. The zero-order chi connectivity index (χ0) is 44.1. The van der Waals surface area contributed by atoms with Gasteiger partial charge >= 0.3 is 19.8 Å². The number of esters is 2. The zero-order valence-corrected chi connectivity index (χ0v) is 37.3. The average Bonchev–Trinajstić information content (AvgIpc) is 3.49. The molecule has 0 radical (unpaired) electrons. The Balaban J connectivity index is 2.46. The Kier molecular flexibility index (Phi) is 33.3. The molecule has 1 aliphatic carbocycles. The number of unbranched alkanes of at least 4 members (excludes halogenated alkanes) is 6. The third-order valence-electron chi connectivity index (χ3n) is 9.64. The van der Waals surface area contributed by atoms with Crippen LogP contribution in [0, 0.1) is 11.8 Å². The van der Waals surface area contributed by atoms with Crippen molar-refractivity contribution >= 4 is 25.5 Å². The molecule has 1 fully saturated rings. The van der Waals surface area contributed by atoms with Crippen LogP contribution in [-0.4, -0.2) is 77.5 Å². The Labute approximate surface area is 360 Å². The van der Waals surface area contributed by atoms with Crippen molar-refractivity contribution in [1.29, 1.82) is 0 Å². The Morgan fingerprint density at radius 1 is 0.767 bits per heavy atom. The number of hydrogen-bond acceptors (Lipinski definition) is 11. The van der Waals surface area contributed by atoms with Crippen LogP contribution in [0.3, 0.4) is 0 Å². The van der Waals surface area contributed by atoms with Crippen LogP contribution >= 0.6 is 7.82 Å². The van der Waals surface area contributed by atoms with Gasteiger partial charge in [0.25, 0.3) is 0 Å². The molecule has 13 heteroatoms. The second-order valence-electron chi connectivity index (χ2n) is 15.0. The van der Waals surface area contributed by atoms with E-state index in [2.05, 4.69) is 62.5 Å². The van der Waals surface area contributed by atoms with E-state index in [1.807, 2.05) is 24.3 Å². The van der Waals surface area contributed by atoms with E-state index in [-0.39, 0.29) is 50.7 Å². The topological polar surface area (TPSA) is 192 Å². The van der Waals surface area contributed by atoms with Crippen molar-refractivity contribution in [1.82, 2.24) is 0 Å². The van der Waals surface area contributed by atoms with E-state index < -0.39 is 50.6 Å². The number of rotatable bonds is 36. The number of aliphatic hydroxyl groups excluding tert-OH is 2. The first-order chi connectivity index (χ1) is 29.0. The minimum atomic E-state index is -4.47. The number of carbonyl (C=O) groups excluding carboxylic acids is 3. The average molecular weight is 862 g/mol. The first-order valence-corrected chi connectivity index (χ1v) is 23.7. The van der Waals surface area contributed by atoms with Crippen molar-refractivity contribution in [3.63, 3.8) is 0 Å². The molecule has 340 valence electrons. The molecule has 6 atom stereocenters. The fraction of sp³-hybridized carbons (Fsp3) is 0.638. The maximum absolute atomic E-state index is 12.6. The van der Waals surface area contributed by atoms with Gasteiger partial charge in [-0.25, -0.2) is 4.57 Å². The van der Waals surface area contributed by atoms with Gasteiger partial charge in [-0.1, -0.05) is 131 Å². The van der Waals surface area contributed by atoms with E-state index in [0.29, 0.717) is 32.1 Å². The lowest BCUT2D eigenvalue weighted by Gasteiger charge is -2.19. The van der Waals surface area contributed by atoms with E-state index in [4.69, 9.17) is 24.3 Å². The van der Waals surface area contributed by atoms with Gasteiger partial charge in [0.1, 0.15) is 12.4 Å². The first kappa shape index (κ1) is 54.8. The molecule has 1 aliphatic rings. The second-order valence-corrected chi connectivity index (χ2v) is 16.4. The number of allylic oxidation sites excluding steroid dienone is 13. The number of ketones is 1. The number of nitrogens with two attached hydrogens (primary N) is 1.